The first-order valence-corrected chi connectivity index (χ1v) is 3.98. The lowest BCUT2D eigenvalue weighted by atomic mass is 10.1. The molecule has 0 aliphatic rings. The zero-order valence-electron chi connectivity index (χ0n) is 8.64. The molecule has 0 atom stereocenters. The highest BCUT2D eigenvalue weighted by Crippen LogP contribution is 2.11. The Morgan fingerprint density at radius 1 is 0.389 bits per heavy atom. The van der Waals surface area contributed by atoms with Crippen molar-refractivity contribution in [3.05, 3.63) is 48.5 Å². The second-order valence-electron chi connectivity index (χ2n) is 2.35. The molecule has 0 saturated carbocycles. The molecule has 2 aromatic rings. The van der Waals surface area contributed by atoms with Gasteiger partial charge < -0.3 is 0 Å². The summed E-state index contributed by atoms with van der Waals surface area (Å²) in [6, 6.07) is 16.7. The third-order valence-electron chi connectivity index (χ3n) is 1.66. The molecule has 0 radical (unpaired) electrons. The van der Waals surface area contributed by atoms with E-state index in [4.69, 9.17) is 36.6 Å². The van der Waals surface area contributed by atoms with Crippen molar-refractivity contribution in [3.8, 4) is 0 Å². The van der Waals surface area contributed by atoms with Crippen LogP contribution in [0.5, 0.6) is 0 Å². The Labute approximate surface area is 96.9 Å². The van der Waals surface area contributed by atoms with Crippen LogP contribution >= 0.6 is 0 Å². The molecule has 0 bridgehead atoms. The molecule has 2 aromatic carbocycles. The first kappa shape index (κ1) is 21.4. The molecule has 0 spiro atoms. The summed E-state index contributed by atoms with van der Waals surface area (Å²) in [4.78, 5) is 0. The lowest BCUT2D eigenvalue weighted by molar-refractivity contribution is 0.108. The second kappa shape index (κ2) is 20.5. The lowest BCUT2D eigenvalue weighted by Crippen LogP contribution is -1.67. The molecule has 0 heterocycles. The van der Waals surface area contributed by atoms with E-state index in [1.807, 2.05) is 0 Å². The Bertz CT molecular complexity index is 289. The molecule has 2 rings (SSSR count). The highest BCUT2D eigenvalue weighted by Gasteiger charge is 1.85. The van der Waals surface area contributed by atoms with Crippen LogP contribution in [0.1, 0.15) is 0 Å². The van der Waals surface area contributed by atoms with Gasteiger partial charge in [-0.3, -0.25) is 0 Å². The van der Waals surface area contributed by atoms with Crippen molar-refractivity contribution in [2.24, 2.45) is 0 Å². The van der Waals surface area contributed by atoms with E-state index in [1.165, 1.54) is 10.8 Å². The van der Waals surface area contributed by atoms with Gasteiger partial charge in [-0.25, -0.2) is 0 Å². The van der Waals surface area contributed by atoms with Gasteiger partial charge in [0.25, 0.3) is 0 Å². The predicted molar refractivity (Wildman–Crippen MR) is 52.8 cm³/mol. The Kier molecular flexibility index (Phi) is 24.5. The molecule has 0 saturated heterocycles. The van der Waals surface area contributed by atoms with E-state index in [1.54, 1.807) is 0 Å². The van der Waals surface area contributed by atoms with Gasteiger partial charge in [0.15, 0.2) is 0 Å². The van der Waals surface area contributed by atoms with E-state index >= 15 is 0 Å². The summed E-state index contributed by atoms with van der Waals surface area (Å²) in [6.45, 7) is 0. The zero-order chi connectivity index (χ0) is 14.8. The predicted octanol–water partition coefficient (Wildman–Crippen LogP) is 6.20. The summed E-state index contributed by atoms with van der Waals surface area (Å²) in [5, 5.41) is 2.62. The molecule has 18 heavy (non-hydrogen) atoms. The van der Waals surface area contributed by atoms with Crippen LogP contribution in [0.3, 0.4) is 0 Å². The van der Waals surface area contributed by atoms with Crippen molar-refractivity contribution < 1.29 is 36.6 Å². The molecule has 8 heteroatoms. The second-order valence-corrected chi connectivity index (χ2v) is 2.35. The van der Waals surface area contributed by atoms with Crippen molar-refractivity contribution in [1.29, 1.82) is 0 Å². The first-order valence-electron chi connectivity index (χ1n) is 3.98. The van der Waals surface area contributed by atoms with Crippen LogP contribution in [-0.2, 0) is 0 Å². The highest BCUT2D eigenvalue weighted by atomic mass is 20.0. The summed E-state index contributed by atoms with van der Waals surface area (Å²) in [6.07, 6.45) is 0. The summed E-state index contributed by atoms with van der Waals surface area (Å²) in [5.74, 6) is 0. The number of rotatable bonds is 0. The van der Waals surface area contributed by atoms with Gasteiger partial charge in [-0.2, -0.15) is 0 Å². The molecule has 0 N–H and O–H groups in total. The standard InChI is InChI=1S/C10H8.4F2/c1-2-6-10-8-4-3-7-9(10)5-1;4*1-2/h1-8H;;;;. The van der Waals surface area contributed by atoms with E-state index in [0.29, 0.717) is 0 Å². The number of hydrogen-bond acceptors (Lipinski definition) is 0. The van der Waals surface area contributed by atoms with Crippen LogP contribution in [0, 0.1) is 0 Å². The quantitative estimate of drug-likeness (QED) is 0.504. The van der Waals surface area contributed by atoms with E-state index in [2.05, 4.69) is 48.5 Å². The number of fused-ring (bicyclic) bond motifs is 1. The van der Waals surface area contributed by atoms with Crippen LogP contribution in [0.4, 0.5) is 36.6 Å². The average molecular weight is 280 g/mol. The van der Waals surface area contributed by atoms with E-state index in [9.17, 15) is 0 Å². The maximum absolute atomic E-state index is 8.00. The summed E-state index contributed by atoms with van der Waals surface area (Å²) >= 11 is 0. The van der Waals surface area contributed by atoms with Gasteiger partial charge in [0.2, 0.25) is 0 Å². The topological polar surface area (TPSA) is 0 Å². The Hall–Kier alpha value is -1.86. The van der Waals surface area contributed by atoms with Crippen molar-refractivity contribution in [2.75, 3.05) is 0 Å². The Morgan fingerprint density at radius 2 is 0.556 bits per heavy atom. The van der Waals surface area contributed by atoms with Crippen LogP contribution in [0.15, 0.2) is 48.5 Å². The fourth-order valence-corrected chi connectivity index (χ4v) is 1.13. The molecule has 0 amide bonds. The Balaban J connectivity index is -0.000000244. The third-order valence-corrected chi connectivity index (χ3v) is 1.66. The third kappa shape index (κ3) is 9.37. The maximum atomic E-state index is 8.00. The minimum Gasteiger partial charge on any atom is -0.0616 e. The molecule has 0 aromatic heterocycles. The summed E-state index contributed by atoms with van der Waals surface area (Å²) in [7, 11) is 0. The molecule has 0 nitrogen and oxygen atoms in total. The van der Waals surface area contributed by atoms with E-state index in [-0.39, 0.29) is 0 Å². The molecule has 104 valence electrons. The molecule has 0 unspecified atom stereocenters. The minimum absolute atomic E-state index is 1.31. The number of benzene rings is 2. The van der Waals surface area contributed by atoms with Crippen LogP contribution in [-0.4, -0.2) is 0 Å². The zero-order valence-corrected chi connectivity index (χ0v) is 8.64. The number of hydrogen-bond donors (Lipinski definition) is 0. The smallest absolute Gasteiger partial charge is 0 e. The average Bonchev–Trinajstić information content (AvgIpc) is 2.55. The van der Waals surface area contributed by atoms with E-state index in [0.717, 1.165) is 0 Å². The van der Waals surface area contributed by atoms with E-state index < -0.39 is 0 Å². The van der Waals surface area contributed by atoms with Crippen molar-refractivity contribution in [1.82, 2.24) is 0 Å². The Morgan fingerprint density at radius 3 is 0.722 bits per heavy atom. The molecule has 0 aliphatic heterocycles. The van der Waals surface area contributed by atoms with Gasteiger partial charge in [0.1, 0.15) is 0 Å². The molecule has 0 aliphatic carbocycles. The van der Waals surface area contributed by atoms with Crippen LogP contribution in [0.2, 0.25) is 0 Å². The van der Waals surface area contributed by atoms with Gasteiger partial charge in [0.05, 0.1) is 0 Å². The first-order chi connectivity index (χ1) is 8.97. The van der Waals surface area contributed by atoms with Crippen molar-refractivity contribution in [3.63, 3.8) is 0 Å². The lowest BCUT2D eigenvalue weighted by Gasteiger charge is -1.92. The summed E-state index contributed by atoms with van der Waals surface area (Å²) in [5.41, 5.74) is 0. The van der Waals surface area contributed by atoms with Crippen molar-refractivity contribution in [2.45, 2.75) is 0 Å². The number of halogens is 8. The monoisotopic (exact) mass is 280 g/mol. The molecular weight excluding hydrogens is 272 g/mol. The highest BCUT2D eigenvalue weighted by molar-refractivity contribution is 5.81. The molecule has 0 fully saturated rings. The maximum Gasteiger partial charge on any atom is 0 e. The van der Waals surface area contributed by atoms with Gasteiger partial charge >= 0.3 is 0 Å². The fourth-order valence-electron chi connectivity index (χ4n) is 1.13. The summed E-state index contributed by atoms with van der Waals surface area (Å²) < 4.78 is 64.0. The van der Waals surface area contributed by atoms with Gasteiger partial charge in [-0.1, -0.05) is 48.5 Å². The fraction of sp³-hybridized carbons (Fsp3) is 0. The van der Waals surface area contributed by atoms with Crippen LogP contribution in [0.25, 0.3) is 10.8 Å². The van der Waals surface area contributed by atoms with Crippen LogP contribution < -0.4 is 0 Å². The van der Waals surface area contributed by atoms with Crippen molar-refractivity contribution >= 4 is 10.8 Å². The van der Waals surface area contributed by atoms with Gasteiger partial charge in [-0.05, 0) is 10.8 Å². The largest absolute Gasteiger partial charge is 0.0616 e. The normalized spacial score (nSPS) is 6.89. The molecular formula is C10H8F8. The SMILES string of the molecule is FF.FF.FF.FF.c1ccc2ccccc2c1. The minimum atomic E-state index is 1.31. The van der Waals surface area contributed by atoms with Gasteiger partial charge in [0, 0.05) is 36.6 Å². The van der Waals surface area contributed by atoms with Gasteiger partial charge in [-0.15, -0.1) is 0 Å².